The van der Waals surface area contributed by atoms with Crippen molar-refractivity contribution in [3.05, 3.63) is 23.8 Å². The van der Waals surface area contributed by atoms with Crippen LogP contribution in [-0.2, 0) is 6.42 Å². The number of hydrogen-bond acceptors (Lipinski definition) is 5. The molecule has 5 nitrogen and oxygen atoms in total. The Morgan fingerprint density at radius 1 is 1.28 bits per heavy atom. The van der Waals surface area contributed by atoms with Crippen molar-refractivity contribution in [3.8, 4) is 22.8 Å². The Hall–Kier alpha value is -2.17. The van der Waals surface area contributed by atoms with Crippen LogP contribution < -0.4 is 15.2 Å². The lowest BCUT2D eigenvalue weighted by Gasteiger charge is -2.22. The fraction of sp³-hybridized carbons (Fsp3) is 0.308. The Balaban J connectivity index is 2.15. The van der Waals surface area contributed by atoms with Crippen LogP contribution in [0.25, 0.3) is 11.3 Å². The van der Waals surface area contributed by atoms with Gasteiger partial charge < -0.3 is 19.7 Å². The van der Waals surface area contributed by atoms with E-state index >= 15 is 0 Å². The van der Waals surface area contributed by atoms with Crippen molar-refractivity contribution in [2.45, 2.75) is 13.3 Å². The molecule has 1 aliphatic heterocycles. The standard InChI is InChI=1S/C13H14N2O3/c1-2-8-9(10-7-12(14)18-15-10)3-4-11-13(8)17-6-5-16-11/h3-4,7H,2,5-6,14H2,1H3. The van der Waals surface area contributed by atoms with Gasteiger partial charge in [-0.15, -0.1) is 0 Å². The molecular weight excluding hydrogens is 232 g/mol. The minimum absolute atomic E-state index is 0.307. The Morgan fingerprint density at radius 2 is 2.11 bits per heavy atom. The van der Waals surface area contributed by atoms with Gasteiger partial charge in [-0.05, 0) is 18.6 Å². The zero-order chi connectivity index (χ0) is 12.5. The molecular formula is C13H14N2O3. The first-order valence-electron chi connectivity index (χ1n) is 5.93. The van der Waals surface area contributed by atoms with Gasteiger partial charge in [0.1, 0.15) is 18.9 Å². The van der Waals surface area contributed by atoms with E-state index < -0.39 is 0 Å². The van der Waals surface area contributed by atoms with Gasteiger partial charge in [0.15, 0.2) is 11.5 Å². The summed E-state index contributed by atoms with van der Waals surface area (Å²) in [5, 5.41) is 3.95. The highest BCUT2D eigenvalue weighted by atomic mass is 16.6. The minimum Gasteiger partial charge on any atom is -0.486 e. The smallest absolute Gasteiger partial charge is 0.222 e. The zero-order valence-electron chi connectivity index (χ0n) is 10.1. The van der Waals surface area contributed by atoms with E-state index in [1.807, 2.05) is 12.1 Å². The van der Waals surface area contributed by atoms with E-state index in [9.17, 15) is 0 Å². The summed E-state index contributed by atoms with van der Waals surface area (Å²) in [6.45, 7) is 3.23. The quantitative estimate of drug-likeness (QED) is 0.880. The third kappa shape index (κ3) is 1.68. The molecule has 1 aromatic carbocycles. The largest absolute Gasteiger partial charge is 0.486 e. The van der Waals surface area contributed by atoms with E-state index in [0.717, 1.165) is 34.7 Å². The second-order valence-corrected chi connectivity index (χ2v) is 4.08. The molecule has 0 aliphatic carbocycles. The summed E-state index contributed by atoms with van der Waals surface area (Å²) in [6, 6.07) is 5.57. The number of ether oxygens (including phenoxy) is 2. The van der Waals surface area contributed by atoms with E-state index in [-0.39, 0.29) is 0 Å². The third-order valence-electron chi connectivity index (χ3n) is 2.97. The van der Waals surface area contributed by atoms with Gasteiger partial charge in [-0.3, -0.25) is 0 Å². The molecule has 0 amide bonds. The number of rotatable bonds is 2. The van der Waals surface area contributed by atoms with Crippen LogP contribution in [0.4, 0.5) is 5.88 Å². The van der Waals surface area contributed by atoms with E-state index in [1.165, 1.54) is 0 Å². The number of hydrogen-bond donors (Lipinski definition) is 1. The second kappa shape index (κ2) is 4.25. The number of benzene rings is 1. The van der Waals surface area contributed by atoms with Crippen LogP contribution in [0.1, 0.15) is 12.5 Å². The van der Waals surface area contributed by atoms with E-state index in [4.69, 9.17) is 19.7 Å². The molecule has 0 bridgehead atoms. The molecule has 1 aromatic heterocycles. The van der Waals surface area contributed by atoms with Crippen molar-refractivity contribution in [2.75, 3.05) is 18.9 Å². The summed E-state index contributed by atoms with van der Waals surface area (Å²) >= 11 is 0. The van der Waals surface area contributed by atoms with Crippen molar-refractivity contribution in [1.82, 2.24) is 5.16 Å². The number of fused-ring (bicyclic) bond motifs is 1. The zero-order valence-corrected chi connectivity index (χ0v) is 10.1. The predicted molar refractivity (Wildman–Crippen MR) is 66.7 cm³/mol. The molecule has 2 aromatic rings. The maximum absolute atomic E-state index is 5.70. The molecule has 0 spiro atoms. The molecule has 1 aliphatic rings. The molecule has 0 saturated heterocycles. The van der Waals surface area contributed by atoms with Crippen LogP contribution in [0.3, 0.4) is 0 Å². The fourth-order valence-electron chi connectivity index (χ4n) is 2.18. The number of nitrogens with zero attached hydrogens (tertiary/aromatic N) is 1. The van der Waals surface area contributed by atoms with Gasteiger partial charge in [0.25, 0.3) is 0 Å². The first-order valence-corrected chi connectivity index (χ1v) is 5.93. The Morgan fingerprint density at radius 3 is 2.83 bits per heavy atom. The molecule has 5 heteroatoms. The topological polar surface area (TPSA) is 70.5 Å². The van der Waals surface area contributed by atoms with Gasteiger partial charge in [-0.1, -0.05) is 12.1 Å². The fourth-order valence-corrected chi connectivity index (χ4v) is 2.18. The number of aromatic nitrogens is 1. The van der Waals surface area contributed by atoms with Crippen LogP contribution >= 0.6 is 0 Å². The average molecular weight is 246 g/mol. The van der Waals surface area contributed by atoms with Crippen LogP contribution in [0.2, 0.25) is 0 Å². The van der Waals surface area contributed by atoms with Crippen LogP contribution in [-0.4, -0.2) is 18.4 Å². The molecule has 2 heterocycles. The number of anilines is 1. The third-order valence-corrected chi connectivity index (χ3v) is 2.97. The maximum atomic E-state index is 5.70. The Kier molecular flexibility index (Phi) is 2.59. The average Bonchev–Trinajstić information content (AvgIpc) is 2.84. The summed E-state index contributed by atoms with van der Waals surface area (Å²) in [7, 11) is 0. The van der Waals surface area contributed by atoms with Gasteiger partial charge in [-0.25, -0.2) is 0 Å². The van der Waals surface area contributed by atoms with Gasteiger partial charge in [0.2, 0.25) is 5.88 Å². The number of nitrogens with two attached hydrogens (primary N) is 1. The van der Waals surface area contributed by atoms with Crippen molar-refractivity contribution in [1.29, 1.82) is 0 Å². The monoisotopic (exact) mass is 246 g/mol. The highest BCUT2D eigenvalue weighted by molar-refractivity contribution is 5.71. The molecule has 0 atom stereocenters. The molecule has 0 fully saturated rings. The first-order chi connectivity index (χ1) is 8.79. The minimum atomic E-state index is 0.307. The highest BCUT2D eigenvalue weighted by Gasteiger charge is 2.20. The molecule has 3 rings (SSSR count). The molecule has 0 saturated carbocycles. The van der Waals surface area contributed by atoms with Crippen molar-refractivity contribution < 1.29 is 14.0 Å². The molecule has 18 heavy (non-hydrogen) atoms. The van der Waals surface area contributed by atoms with Crippen molar-refractivity contribution in [2.24, 2.45) is 0 Å². The van der Waals surface area contributed by atoms with Crippen LogP contribution in [0, 0.1) is 0 Å². The Labute approximate surface area is 104 Å². The van der Waals surface area contributed by atoms with Crippen LogP contribution in [0.15, 0.2) is 22.7 Å². The maximum Gasteiger partial charge on any atom is 0.222 e. The van der Waals surface area contributed by atoms with Gasteiger partial charge >= 0.3 is 0 Å². The first kappa shape index (κ1) is 11.0. The lowest BCUT2D eigenvalue weighted by atomic mass is 10.0. The summed E-state index contributed by atoms with van der Waals surface area (Å²) < 4.78 is 16.2. The normalized spacial score (nSPS) is 13.6. The van der Waals surface area contributed by atoms with Gasteiger partial charge in [0, 0.05) is 17.2 Å². The summed E-state index contributed by atoms with van der Waals surface area (Å²) in [6.07, 6.45) is 0.828. The van der Waals surface area contributed by atoms with Gasteiger partial charge in [-0.2, -0.15) is 0 Å². The Bertz CT molecular complexity index is 578. The van der Waals surface area contributed by atoms with Crippen molar-refractivity contribution >= 4 is 5.88 Å². The van der Waals surface area contributed by atoms with Gasteiger partial charge in [0.05, 0.1) is 0 Å². The number of nitrogen functional groups attached to an aromatic ring is 1. The van der Waals surface area contributed by atoms with Crippen molar-refractivity contribution in [3.63, 3.8) is 0 Å². The van der Waals surface area contributed by atoms with E-state index in [0.29, 0.717) is 19.1 Å². The molecule has 0 radical (unpaired) electrons. The summed E-state index contributed by atoms with van der Waals surface area (Å²) in [5.41, 5.74) is 8.33. The SMILES string of the molecule is CCc1c(-c2cc(N)on2)ccc2c1OCCO2. The lowest BCUT2D eigenvalue weighted by molar-refractivity contribution is 0.170. The van der Waals surface area contributed by atoms with Crippen LogP contribution in [0.5, 0.6) is 11.5 Å². The molecule has 0 unspecified atom stereocenters. The highest BCUT2D eigenvalue weighted by Crippen LogP contribution is 2.40. The second-order valence-electron chi connectivity index (χ2n) is 4.08. The summed E-state index contributed by atoms with van der Waals surface area (Å²) in [5.74, 6) is 1.91. The summed E-state index contributed by atoms with van der Waals surface area (Å²) in [4.78, 5) is 0. The lowest BCUT2D eigenvalue weighted by Crippen LogP contribution is -2.16. The molecule has 2 N–H and O–H groups in total. The molecule has 94 valence electrons. The van der Waals surface area contributed by atoms with E-state index in [2.05, 4.69) is 12.1 Å². The van der Waals surface area contributed by atoms with E-state index in [1.54, 1.807) is 6.07 Å². The predicted octanol–water partition coefficient (Wildman–Crippen LogP) is 2.26.